The molecule has 0 aromatic rings. The van der Waals surface area contributed by atoms with Gasteiger partial charge in [0.05, 0.1) is 5.70 Å². The van der Waals surface area contributed by atoms with Crippen molar-refractivity contribution in [1.82, 2.24) is 16.0 Å². The van der Waals surface area contributed by atoms with E-state index in [4.69, 9.17) is 11.1 Å². The Bertz CT molecular complexity index is 334. The molecule has 0 unspecified atom stereocenters. The van der Waals surface area contributed by atoms with E-state index in [1.54, 1.807) is 0 Å². The first-order valence-corrected chi connectivity index (χ1v) is 5.41. The first-order chi connectivity index (χ1) is 8.19. The third-order valence-electron chi connectivity index (χ3n) is 2.57. The Morgan fingerprint density at radius 1 is 1.41 bits per heavy atom. The third kappa shape index (κ3) is 3.87. The van der Waals surface area contributed by atoms with E-state index in [0.717, 1.165) is 32.1 Å². The number of carbonyl (C=O) groups excluding carboxylic acids is 2. The minimum atomic E-state index is -0.454. The Balaban J connectivity index is 2.60. The maximum atomic E-state index is 11.7. The number of piperidine rings is 1. The van der Waals surface area contributed by atoms with E-state index in [-0.39, 0.29) is 17.4 Å². The van der Waals surface area contributed by atoms with Gasteiger partial charge < -0.3 is 27.1 Å². The van der Waals surface area contributed by atoms with Crippen LogP contribution in [0.25, 0.3) is 0 Å². The normalized spacial score (nSPS) is 17.9. The minimum absolute atomic E-state index is 0.00596. The van der Waals surface area contributed by atoms with Gasteiger partial charge in [-0.05, 0) is 25.9 Å². The van der Waals surface area contributed by atoms with Crippen LogP contribution in [-0.4, -0.2) is 37.7 Å². The lowest BCUT2D eigenvalue weighted by molar-refractivity contribution is -0.118. The molecule has 0 spiro atoms. The molecular formula is C10H17N5O2. The van der Waals surface area contributed by atoms with Gasteiger partial charge in [-0.25, -0.2) is 0 Å². The van der Waals surface area contributed by atoms with Crippen LogP contribution in [0, 0.1) is 5.41 Å². The van der Waals surface area contributed by atoms with Crippen molar-refractivity contribution >= 4 is 18.5 Å². The van der Waals surface area contributed by atoms with Gasteiger partial charge in [0.2, 0.25) is 6.41 Å². The third-order valence-corrected chi connectivity index (χ3v) is 2.57. The molecule has 1 aliphatic heterocycles. The monoisotopic (exact) mass is 239 g/mol. The van der Waals surface area contributed by atoms with Gasteiger partial charge in [0.25, 0.3) is 5.91 Å². The highest BCUT2D eigenvalue weighted by Gasteiger charge is 2.18. The summed E-state index contributed by atoms with van der Waals surface area (Å²) in [5.74, 6) is -0.454. The molecule has 0 aromatic heterocycles. The molecule has 0 bridgehead atoms. The fourth-order valence-electron chi connectivity index (χ4n) is 1.61. The average molecular weight is 239 g/mol. The van der Waals surface area contributed by atoms with Gasteiger partial charge in [-0.15, -0.1) is 0 Å². The largest absolute Gasteiger partial charge is 0.393 e. The standard InChI is InChI=1S/C10H17N5O2/c11-5-8(14-6-16)9(12)10(17)15-7-1-3-13-4-2-7/h5-7,11,13H,1-4,12H2,(H,14,16)(H,15,17)/b9-8+,11-5?. The van der Waals surface area contributed by atoms with Crippen molar-refractivity contribution in [3.05, 3.63) is 11.4 Å². The summed E-state index contributed by atoms with van der Waals surface area (Å²) >= 11 is 0. The summed E-state index contributed by atoms with van der Waals surface area (Å²) in [4.78, 5) is 22.0. The predicted octanol–water partition coefficient (Wildman–Crippen LogP) is -1.58. The number of hydrogen-bond acceptors (Lipinski definition) is 5. The molecule has 6 N–H and O–H groups in total. The highest BCUT2D eigenvalue weighted by molar-refractivity contribution is 5.99. The first-order valence-electron chi connectivity index (χ1n) is 5.41. The van der Waals surface area contributed by atoms with E-state index in [2.05, 4.69) is 16.0 Å². The number of hydrogen-bond donors (Lipinski definition) is 5. The molecule has 1 fully saturated rings. The van der Waals surface area contributed by atoms with Crippen LogP contribution >= 0.6 is 0 Å². The fraction of sp³-hybridized carbons (Fsp3) is 0.500. The molecular weight excluding hydrogens is 222 g/mol. The van der Waals surface area contributed by atoms with Gasteiger partial charge in [-0.1, -0.05) is 0 Å². The summed E-state index contributed by atoms with van der Waals surface area (Å²) in [5, 5.41) is 15.2. The number of amides is 2. The molecule has 1 aliphatic rings. The van der Waals surface area contributed by atoms with Crippen LogP contribution in [0.5, 0.6) is 0 Å². The lowest BCUT2D eigenvalue weighted by atomic mass is 10.1. The lowest BCUT2D eigenvalue weighted by Gasteiger charge is -2.23. The molecule has 0 aliphatic carbocycles. The Morgan fingerprint density at radius 3 is 2.59 bits per heavy atom. The quantitative estimate of drug-likeness (QED) is 0.226. The second-order valence-corrected chi connectivity index (χ2v) is 3.73. The number of carbonyl (C=O) groups is 2. The molecule has 94 valence electrons. The Kier molecular flexibility index (Phi) is 5.15. The smallest absolute Gasteiger partial charge is 0.269 e. The molecule has 1 heterocycles. The fourth-order valence-corrected chi connectivity index (χ4v) is 1.61. The van der Waals surface area contributed by atoms with Crippen molar-refractivity contribution < 1.29 is 9.59 Å². The van der Waals surface area contributed by atoms with Crippen molar-refractivity contribution in [3.63, 3.8) is 0 Å². The van der Waals surface area contributed by atoms with Gasteiger partial charge in [0, 0.05) is 12.3 Å². The number of nitrogens with one attached hydrogen (secondary N) is 4. The molecule has 1 rings (SSSR count). The summed E-state index contributed by atoms with van der Waals surface area (Å²) in [5.41, 5.74) is 5.41. The summed E-state index contributed by atoms with van der Waals surface area (Å²) in [6.07, 6.45) is 2.91. The van der Waals surface area contributed by atoms with Crippen molar-refractivity contribution in [2.24, 2.45) is 5.73 Å². The molecule has 0 aromatic carbocycles. The van der Waals surface area contributed by atoms with E-state index in [1.165, 1.54) is 0 Å². The van der Waals surface area contributed by atoms with Crippen molar-refractivity contribution in [2.75, 3.05) is 13.1 Å². The van der Waals surface area contributed by atoms with Crippen LogP contribution in [0.15, 0.2) is 11.4 Å². The highest BCUT2D eigenvalue weighted by Crippen LogP contribution is 2.03. The number of allylic oxidation sites excluding steroid dienone is 1. The van der Waals surface area contributed by atoms with Gasteiger partial charge >= 0.3 is 0 Å². The van der Waals surface area contributed by atoms with Crippen LogP contribution in [0.3, 0.4) is 0 Å². The molecule has 2 amide bonds. The van der Waals surface area contributed by atoms with Gasteiger partial charge in [0.1, 0.15) is 5.70 Å². The maximum Gasteiger partial charge on any atom is 0.269 e. The Morgan fingerprint density at radius 2 is 2.06 bits per heavy atom. The summed E-state index contributed by atoms with van der Waals surface area (Å²) < 4.78 is 0. The maximum absolute atomic E-state index is 11.7. The Labute approximate surface area is 99.3 Å². The Hall–Kier alpha value is -1.89. The van der Waals surface area contributed by atoms with Crippen molar-refractivity contribution in [3.8, 4) is 0 Å². The number of nitrogens with two attached hydrogens (primary N) is 1. The zero-order valence-corrected chi connectivity index (χ0v) is 9.45. The van der Waals surface area contributed by atoms with E-state index >= 15 is 0 Å². The number of rotatable bonds is 5. The van der Waals surface area contributed by atoms with Crippen LogP contribution in [-0.2, 0) is 9.59 Å². The van der Waals surface area contributed by atoms with Gasteiger partial charge in [0.15, 0.2) is 0 Å². The molecule has 1 saturated heterocycles. The zero-order chi connectivity index (χ0) is 12.7. The second-order valence-electron chi connectivity index (χ2n) is 3.73. The van der Waals surface area contributed by atoms with E-state index in [9.17, 15) is 9.59 Å². The van der Waals surface area contributed by atoms with E-state index in [0.29, 0.717) is 6.41 Å². The molecule has 0 atom stereocenters. The zero-order valence-electron chi connectivity index (χ0n) is 9.45. The van der Waals surface area contributed by atoms with Crippen molar-refractivity contribution in [2.45, 2.75) is 18.9 Å². The summed E-state index contributed by atoms with van der Waals surface area (Å²) in [6.45, 7) is 1.72. The highest BCUT2D eigenvalue weighted by atomic mass is 16.2. The second kappa shape index (κ2) is 6.64. The molecule has 0 saturated carbocycles. The minimum Gasteiger partial charge on any atom is -0.393 e. The summed E-state index contributed by atoms with van der Waals surface area (Å²) in [7, 11) is 0. The molecule has 7 heteroatoms. The first kappa shape index (κ1) is 13.2. The average Bonchev–Trinajstić information content (AvgIpc) is 2.36. The van der Waals surface area contributed by atoms with Gasteiger partial charge in [-0.3, -0.25) is 9.59 Å². The predicted molar refractivity (Wildman–Crippen MR) is 63.2 cm³/mol. The van der Waals surface area contributed by atoms with E-state index in [1.807, 2.05) is 0 Å². The van der Waals surface area contributed by atoms with Crippen LogP contribution in [0.2, 0.25) is 0 Å². The van der Waals surface area contributed by atoms with Crippen molar-refractivity contribution in [1.29, 1.82) is 5.41 Å². The summed E-state index contributed by atoms with van der Waals surface area (Å²) in [6, 6.07) is 0.0884. The van der Waals surface area contributed by atoms with E-state index < -0.39 is 5.91 Å². The molecule has 7 nitrogen and oxygen atoms in total. The van der Waals surface area contributed by atoms with Crippen LogP contribution in [0.1, 0.15) is 12.8 Å². The van der Waals surface area contributed by atoms with Crippen LogP contribution < -0.4 is 21.7 Å². The molecule has 17 heavy (non-hydrogen) atoms. The lowest BCUT2D eigenvalue weighted by Crippen LogP contribution is -2.44. The van der Waals surface area contributed by atoms with Crippen LogP contribution in [0.4, 0.5) is 0 Å². The SMILES string of the molecule is N=C/C(NC=O)=C(\N)C(=O)NC1CCNCC1. The topological polar surface area (TPSA) is 120 Å². The molecule has 0 radical (unpaired) electrons. The van der Waals surface area contributed by atoms with Gasteiger partial charge in [-0.2, -0.15) is 0 Å².